The molecule has 4 rings (SSSR count). The monoisotopic (exact) mass is 416 g/mol. The molecule has 30 heavy (non-hydrogen) atoms. The lowest BCUT2D eigenvalue weighted by molar-refractivity contribution is 0.415. The number of terminal acetylenes is 1. The molecular weight excluding hydrogens is 400 g/mol. The number of nitrogens with one attached hydrogen (secondary N) is 1. The highest BCUT2D eigenvalue weighted by Crippen LogP contribution is 2.31. The predicted octanol–water partition coefficient (Wildman–Crippen LogP) is 4.38. The molecule has 2 heterocycles. The van der Waals surface area contributed by atoms with Gasteiger partial charge in [0.1, 0.15) is 11.4 Å². The first kappa shape index (κ1) is 19.5. The van der Waals surface area contributed by atoms with E-state index < -0.39 is 0 Å². The Bertz CT molecular complexity index is 1370. The molecule has 1 N–H and O–H groups in total. The van der Waals surface area contributed by atoms with Gasteiger partial charge in [0, 0.05) is 35.6 Å². The Kier molecular flexibility index (Phi) is 5.13. The fraction of sp³-hybridized carbons (Fsp3) is 0.0870. The molecule has 6 nitrogen and oxygen atoms in total. The van der Waals surface area contributed by atoms with Gasteiger partial charge in [-0.25, -0.2) is 4.98 Å². The third kappa shape index (κ3) is 3.36. The summed E-state index contributed by atoms with van der Waals surface area (Å²) < 4.78 is 6.69. The van der Waals surface area contributed by atoms with Crippen molar-refractivity contribution in [1.82, 2.24) is 14.5 Å². The van der Waals surface area contributed by atoms with Crippen molar-refractivity contribution < 1.29 is 4.74 Å². The van der Waals surface area contributed by atoms with E-state index in [0.29, 0.717) is 44.4 Å². The van der Waals surface area contributed by atoms with Gasteiger partial charge in [0.15, 0.2) is 0 Å². The van der Waals surface area contributed by atoms with E-state index in [1.165, 1.54) is 4.57 Å². The number of nitrogens with zero attached hydrogens (tertiary/aromatic N) is 3. The lowest BCUT2D eigenvalue weighted by atomic mass is 9.99. The minimum absolute atomic E-state index is 0.283. The van der Waals surface area contributed by atoms with Gasteiger partial charge in [0.25, 0.3) is 5.56 Å². The van der Waals surface area contributed by atoms with Crippen LogP contribution in [-0.4, -0.2) is 21.6 Å². The van der Waals surface area contributed by atoms with E-state index in [9.17, 15) is 4.79 Å². The molecule has 0 amide bonds. The Labute approximate surface area is 178 Å². The van der Waals surface area contributed by atoms with Crippen molar-refractivity contribution in [2.75, 3.05) is 12.4 Å². The molecule has 0 spiro atoms. The number of benzene rings is 2. The van der Waals surface area contributed by atoms with Gasteiger partial charge in [-0.05, 0) is 18.2 Å². The highest BCUT2D eigenvalue weighted by molar-refractivity contribution is 6.33. The number of methoxy groups -OCH3 is 1. The highest BCUT2D eigenvalue weighted by atomic mass is 35.5. The van der Waals surface area contributed by atoms with Crippen LogP contribution in [-0.2, 0) is 7.05 Å². The molecule has 0 saturated carbocycles. The normalized spacial score (nSPS) is 10.6. The van der Waals surface area contributed by atoms with Gasteiger partial charge in [-0.2, -0.15) is 4.98 Å². The zero-order valence-corrected chi connectivity index (χ0v) is 17.1. The molecule has 2 aromatic heterocycles. The second-order valence-corrected chi connectivity index (χ2v) is 6.93. The Hall–Kier alpha value is -3.82. The van der Waals surface area contributed by atoms with E-state index >= 15 is 0 Å². The number of hydrogen-bond donors (Lipinski definition) is 1. The van der Waals surface area contributed by atoms with Gasteiger partial charge in [0.05, 0.1) is 23.6 Å². The van der Waals surface area contributed by atoms with Crippen molar-refractivity contribution in [1.29, 1.82) is 0 Å². The maximum absolute atomic E-state index is 13.2. The summed E-state index contributed by atoms with van der Waals surface area (Å²) >= 11 is 6.34. The number of pyridine rings is 1. The SMILES string of the molecule is C#Cc1c(-c2ccccc2Cl)c(=O)n(C)c2nc(Nc3cccc(OC)c3)ncc12. The van der Waals surface area contributed by atoms with Crippen LogP contribution < -0.4 is 15.6 Å². The van der Waals surface area contributed by atoms with Gasteiger partial charge >= 0.3 is 0 Å². The first-order valence-electron chi connectivity index (χ1n) is 9.05. The third-order valence-electron chi connectivity index (χ3n) is 4.74. The number of fused-ring (bicyclic) bond motifs is 1. The summed E-state index contributed by atoms with van der Waals surface area (Å²) in [5.74, 6) is 3.66. The molecule has 4 aromatic rings. The summed E-state index contributed by atoms with van der Waals surface area (Å²) in [6, 6.07) is 14.5. The van der Waals surface area contributed by atoms with Gasteiger partial charge in [-0.15, -0.1) is 6.42 Å². The predicted molar refractivity (Wildman–Crippen MR) is 119 cm³/mol. The zero-order chi connectivity index (χ0) is 21.3. The molecule has 0 aliphatic heterocycles. The lowest BCUT2D eigenvalue weighted by Gasteiger charge is -2.14. The number of anilines is 2. The smallest absolute Gasteiger partial charge is 0.261 e. The van der Waals surface area contributed by atoms with Crippen LogP contribution in [0.15, 0.2) is 59.5 Å². The standard InChI is InChI=1S/C23H17ClN4O2/c1-4-16-18-13-25-23(26-14-8-7-9-15(12-14)30-3)27-21(18)28(2)22(29)20(16)17-10-5-6-11-19(17)24/h1,5-13H,2-3H3,(H,25,26,27). The number of halogens is 1. The number of hydrogen-bond acceptors (Lipinski definition) is 5. The van der Waals surface area contributed by atoms with Crippen LogP contribution in [0.5, 0.6) is 5.75 Å². The van der Waals surface area contributed by atoms with Crippen LogP contribution in [0.1, 0.15) is 5.56 Å². The summed E-state index contributed by atoms with van der Waals surface area (Å²) in [5, 5.41) is 4.16. The molecule has 0 bridgehead atoms. The van der Waals surface area contributed by atoms with Crippen molar-refractivity contribution in [3.05, 3.63) is 75.7 Å². The lowest BCUT2D eigenvalue weighted by Crippen LogP contribution is -2.22. The van der Waals surface area contributed by atoms with E-state index in [2.05, 4.69) is 21.2 Å². The maximum Gasteiger partial charge on any atom is 0.261 e. The average Bonchev–Trinajstić information content (AvgIpc) is 2.77. The van der Waals surface area contributed by atoms with Crippen LogP contribution in [0, 0.1) is 12.3 Å². The minimum Gasteiger partial charge on any atom is -0.497 e. The highest BCUT2D eigenvalue weighted by Gasteiger charge is 2.19. The largest absolute Gasteiger partial charge is 0.497 e. The third-order valence-corrected chi connectivity index (χ3v) is 5.07. The van der Waals surface area contributed by atoms with Gasteiger partial charge in [-0.1, -0.05) is 41.8 Å². The molecule has 7 heteroatoms. The molecule has 0 saturated heterocycles. The number of aromatic nitrogens is 3. The fourth-order valence-corrected chi connectivity index (χ4v) is 3.49. The molecule has 0 unspecified atom stereocenters. The number of rotatable bonds is 4. The van der Waals surface area contributed by atoms with Crippen LogP contribution in [0.4, 0.5) is 11.6 Å². The van der Waals surface area contributed by atoms with Crippen molar-refractivity contribution in [3.63, 3.8) is 0 Å². The summed E-state index contributed by atoms with van der Waals surface area (Å²) in [4.78, 5) is 22.1. The average molecular weight is 417 g/mol. The minimum atomic E-state index is -0.283. The van der Waals surface area contributed by atoms with Crippen LogP contribution >= 0.6 is 11.6 Å². The molecule has 0 fully saturated rings. The first-order valence-corrected chi connectivity index (χ1v) is 9.43. The Morgan fingerprint density at radius 1 is 1.20 bits per heavy atom. The van der Waals surface area contributed by atoms with Gasteiger partial charge in [0.2, 0.25) is 5.95 Å². The van der Waals surface area contributed by atoms with Gasteiger partial charge < -0.3 is 10.1 Å². The number of ether oxygens (including phenoxy) is 1. The summed E-state index contributed by atoms with van der Waals surface area (Å²) in [6.45, 7) is 0. The van der Waals surface area contributed by atoms with E-state index in [1.54, 1.807) is 38.6 Å². The van der Waals surface area contributed by atoms with Crippen molar-refractivity contribution in [2.45, 2.75) is 0 Å². The number of aryl methyl sites for hydroxylation is 1. The van der Waals surface area contributed by atoms with E-state index in [4.69, 9.17) is 22.8 Å². The van der Waals surface area contributed by atoms with E-state index in [-0.39, 0.29) is 5.56 Å². The molecule has 0 aliphatic carbocycles. The quantitative estimate of drug-likeness (QED) is 0.500. The summed E-state index contributed by atoms with van der Waals surface area (Å²) in [6.07, 6.45) is 7.40. The second-order valence-electron chi connectivity index (χ2n) is 6.53. The van der Waals surface area contributed by atoms with Crippen LogP contribution in [0.25, 0.3) is 22.2 Å². The molecule has 0 radical (unpaired) electrons. The second kappa shape index (κ2) is 7.90. The van der Waals surface area contributed by atoms with Crippen LogP contribution in [0.2, 0.25) is 5.02 Å². The fourth-order valence-electron chi connectivity index (χ4n) is 3.26. The molecule has 0 aliphatic rings. The van der Waals surface area contributed by atoms with E-state index in [0.717, 1.165) is 5.69 Å². The van der Waals surface area contributed by atoms with Gasteiger partial charge in [-0.3, -0.25) is 9.36 Å². The van der Waals surface area contributed by atoms with Crippen molar-refractivity contribution >= 4 is 34.3 Å². The van der Waals surface area contributed by atoms with Crippen LogP contribution in [0.3, 0.4) is 0 Å². The molecule has 148 valence electrons. The van der Waals surface area contributed by atoms with Crippen molar-refractivity contribution in [3.8, 4) is 29.2 Å². The Morgan fingerprint density at radius 2 is 2.00 bits per heavy atom. The Morgan fingerprint density at radius 3 is 2.73 bits per heavy atom. The molecule has 0 atom stereocenters. The topological polar surface area (TPSA) is 69.0 Å². The van der Waals surface area contributed by atoms with Crippen molar-refractivity contribution in [2.24, 2.45) is 7.05 Å². The summed E-state index contributed by atoms with van der Waals surface area (Å²) in [5.41, 5.74) is 2.24. The molecule has 2 aromatic carbocycles. The zero-order valence-electron chi connectivity index (χ0n) is 16.3. The summed E-state index contributed by atoms with van der Waals surface area (Å²) in [7, 11) is 3.24. The van der Waals surface area contributed by atoms with E-state index in [1.807, 2.05) is 30.3 Å². The first-order chi connectivity index (χ1) is 14.5. The Balaban J connectivity index is 1.89. The maximum atomic E-state index is 13.2. The molecular formula is C23H17ClN4O2.